The van der Waals surface area contributed by atoms with Gasteiger partial charge in [-0.1, -0.05) is 6.07 Å². The molecule has 0 unspecified atom stereocenters. The summed E-state index contributed by atoms with van der Waals surface area (Å²) in [5.74, 6) is 2.02. The molecule has 0 bridgehead atoms. The lowest BCUT2D eigenvalue weighted by Gasteiger charge is -2.37. The minimum Gasteiger partial charge on any atom is -0.497 e. The summed E-state index contributed by atoms with van der Waals surface area (Å²) in [4.78, 5) is 0. The molecule has 4 rings (SSSR count). The third-order valence-electron chi connectivity index (χ3n) is 5.63. The van der Waals surface area contributed by atoms with E-state index in [4.69, 9.17) is 14.2 Å². The smallest absolute Gasteiger partial charge is 0.171 e. The van der Waals surface area contributed by atoms with E-state index in [1.165, 1.54) is 36.8 Å². The van der Waals surface area contributed by atoms with Crippen LogP contribution in [0.5, 0.6) is 5.75 Å². The van der Waals surface area contributed by atoms with Crippen LogP contribution in [0.4, 0.5) is 0 Å². The molecule has 1 aromatic carbocycles. The zero-order valence-electron chi connectivity index (χ0n) is 12.8. The van der Waals surface area contributed by atoms with E-state index < -0.39 is 0 Å². The molecule has 0 radical (unpaired) electrons. The van der Waals surface area contributed by atoms with Gasteiger partial charge in [0.25, 0.3) is 0 Å². The fourth-order valence-corrected chi connectivity index (χ4v) is 4.63. The maximum atomic E-state index is 6.05. The largest absolute Gasteiger partial charge is 0.497 e. The number of fused-ring (bicyclic) bond motifs is 1. The average molecular weight is 288 g/mol. The van der Waals surface area contributed by atoms with E-state index in [2.05, 4.69) is 18.2 Å². The summed E-state index contributed by atoms with van der Waals surface area (Å²) in [7, 11) is 1.74. The van der Waals surface area contributed by atoms with Gasteiger partial charge in [0.1, 0.15) is 5.75 Å². The van der Waals surface area contributed by atoms with Crippen molar-refractivity contribution in [3.05, 3.63) is 29.3 Å². The van der Waals surface area contributed by atoms with Crippen LogP contribution in [0.25, 0.3) is 0 Å². The Labute approximate surface area is 126 Å². The Morgan fingerprint density at radius 3 is 2.81 bits per heavy atom. The van der Waals surface area contributed by atoms with Crippen LogP contribution in [-0.2, 0) is 22.3 Å². The molecule has 1 saturated carbocycles. The highest BCUT2D eigenvalue weighted by atomic mass is 16.7. The van der Waals surface area contributed by atoms with Crippen LogP contribution in [0.2, 0.25) is 0 Å². The lowest BCUT2D eigenvalue weighted by atomic mass is 9.74. The lowest BCUT2D eigenvalue weighted by Crippen LogP contribution is -2.40. The number of methoxy groups -OCH3 is 1. The molecule has 1 heterocycles. The van der Waals surface area contributed by atoms with Gasteiger partial charge < -0.3 is 14.2 Å². The molecule has 2 fully saturated rings. The summed E-state index contributed by atoms with van der Waals surface area (Å²) in [5.41, 5.74) is 2.96. The van der Waals surface area contributed by atoms with Crippen molar-refractivity contribution in [1.82, 2.24) is 0 Å². The molecule has 0 N–H and O–H groups in total. The van der Waals surface area contributed by atoms with Crippen LogP contribution in [0, 0.1) is 11.8 Å². The molecule has 21 heavy (non-hydrogen) atoms. The van der Waals surface area contributed by atoms with Gasteiger partial charge in [0, 0.05) is 12.3 Å². The molecule has 1 spiro atoms. The Kier molecular flexibility index (Phi) is 3.43. The second-order valence-corrected chi connectivity index (χ2v) is 6.64. The molecular formula is C18H24O3. The molecule has 0 amide bonds. The Bertz CT molecular complexity index is 514. The number of hydrogen-bond donors (Lipinski definition) is 0. The molecule has 0 aromatic heterocycles. The second kappa shape index (κ2) is 5.29. The first-order valence-electron chi connectivity index (χ1n) is 8.24. The quantitative estimate of drug-likeness (QED) is 0.835. The Morgan fingerprint density at radius 2 is 2.00 bits per heavy atom. The number of hydrogen-bond acceptors (Lipinski definition) is 3. The van der Waals surface area contributed by atoms with Gasteiger partial charge in [-0.25, -0.2) is 0 Å². The third kappa shape index (κ3) is 2.27. The molecule has 3 nitrogen and oxygen atoms in total. The van der Waals surface area contributed by atoms with E-state index in [1.807, 2.05) is 0 Å². The first-order chi connectivity index (χ1) is 10.3. The van der Waals surface area contributed by atoms with Crippen LogP contribution in [0.15, 0.2) is 18.2 Å². The van der Waals surface area contributed by atoms with Crippen LogP contribution < -0.4 is 4.74 Å². The highest BCUT2D eigenvalue weighted by Gasteiger charge is 2.51. The monoisotopic (exact) mass is 288 g/mol. The standard InChI is InChI=1S/C18H24O3/c1-19-16-7-6-13-11-15(5-4-14(13)12-16)17-3-2-8-18(17)20-9-10-21-18/h6-7,12,15,17H,2-5,8-11H2,1H3/t15-,17-/m0/s1. The van der Waals surface area contributed by atoms with Gasteiger partial charge in [-0.05, 0) is 61.3 Å². The second-order valence-electron chi connectivity index (χ2n) is 6.64. The van der Waals surface area contributed by atoms with Crippen molar-refractivity contribution in [1.29, 1.82) is 0 Å². The SMILES string of the molecule is COc1ccc2c(c1)CC[C@H]([C@@H]1CCCC13OCCO3)C2. The van der Waals surface area contributed by atoms with Crippen molar-refractivity contribution in [2.24, 2.45) is 11.8 Å². The summed E-state index contributed by atoms with van der Waals surface area (Å²) < 4.78 is 17.4. The predicted octanol–water partition coefficient (Wildman–Crippen LogP) is 3.34. The van der Waals surface area contributed by atoms with Gasteiger partial charge in [-0.3, -0.25) is 0 Å². The molecule has 3 heteroatoms. The fraction of sp³-hybridized carbons (Fsp3) is 0.667. The molecule has 2 aliphatic carbocycles. The Hall–Kier alpha value is -1.06. The molecule has 2 atom stereocenters. The summed E-state index contributed by atoms with van der Waals surface area (Å²) >= 11 is 0. The van der Waals surface area contributed by atoms with Gasteiger partial charge in [0.2, 0.25) is 0 Å². The molecule has 114 valence electrons. The summed E-state index contributed by atoms with van der Waals surface area (Å²) in [6, 6.07) is 6.55. The number of benzene rings is 1. The highest BCUT2D eigenvalue weighted by Crippen LogP contribution is 2.49. The van der Waals surface area contributed by atoms with Crippen LogP contribution >= 0.6 is 0 Å². The molecule has 1 aromatic rings. The van der Waals surface area contributed by atoms with Crippen LogP contribution in [-0.4, -0.2) is 26.1 Å². The first kappa shape index (κ1) is 13.6. The lowest BCUT2D eigenvalue weighted by molar-refractivity contribution is -0.193. The summed E-state index contributed by atoms with van der Waals surface area (Å²) in [5, 5.41) is 0. The van der Waals surface area contributed by atoms with E-state index in [1.54, 1.807) is 7.11 Å². The highest BCUT2D eigenvalue weighted by molar-refractivity contribution is 5.37. The molecule has 3 aliphatic rings. The van der Waals surface area contributed by atoms with Gasteiger partial charge >= 0.3 is 0 Å². The minimum absolute atomic E-state index is 0.241. The van der Waals surface area contributed by atoms with E-state index in [9.17, 15) is 0 Å². The predicted molar refractivity (Wildman–Crippen MR) is 80.5 cm³/mol. The number of rotatable bonds is 2. The number of ether oxygens (including phenoxy) is 3. The maximum absolute atomic E-state index is 6.05. The first-order valence-corrected chi connectivity index (χ1v) is 8.24. The number of aryl methyl sites for hydroxylation is 1. The third-order valence-corrected chi connectivity index (χ3v) is 5.63. The van der Waals surface area contributed by atoms with E-state index in [0.717, 1.165) is 31.8 Å². The minimum atomic E-state index is -0.241. The summed E-state index contributed by atoms with van der Waals surface area (Å²) in [6.07, 6.45) is 7.16. The van der Waals surface area contributed by atoms with Crippen molar-refractivity contribution < 1.29 is 14.2 Å². The van der Waals surface area contributed by atoms with E-state index >= 15 is 0 Å². The van der Waals surface area contributed by atoms with Crippen molar-refractivity contribution in [3.8, 4) is 5.75 Å². The summed E-state index contributed by atoms with van der Waals surface area (Å²) in [6.45, 7) is 1.55. The topological polar surface area (TPSA) is 27.7 Å². The van der Waals surface area contributed by atoms with Crippen LogP contribution in [0.3, 0.4) is 0 Å². The molecule has 1 saturated heterocycles. The van der Waals surface area contributed by atoms with Gasteiger partial charge in [0.15, 0.2) is 5.79 Å². The van der Waals surface area contributed by atoms with Crippen molar-refractivity contribution in [3.63, 3.8) is 0 Å². The van der Waals surface area contributed by atoms with Crippen molar-refractivity contribution >= 4 is 0 Å². The van der Waals surface area contributed by atoms with E-state index in [-0.39, 0.29) is 5.79 Å². The van der Waals surface area contributed by atoms with Gasteiger partial charge in [-0.2, -0.15) is 0 Å². The zero-order valence-corrected chi connectivity index (χ0v) is 12.8. The zero-order chi connectivity index (χ0) is 14.3. The Balaban J connectivity index is 1.55. The Morgan fingerprint density at radius 1 is 1.14 bits per heavy atom. The van der Waals surface area contributed by atoms with Crippen molar-refractivity contribution in [2.75, 3.05) is 20.3 Å². The van der Waals surface area contributed by atoms with Crippen LogP contribution in [0.1, 0.15) is 36.8 Å². The van der Waals surface area contributed by atoms with E-state index in [0.29, 0.717) is 11.8 Å². The normalized spacial score (nSPS) is 30.5. The van der Waals surface area contributed by atoms with Gasteiger partial charge in [-0.15, -0.1) is 0 Å². The average Bonchev–Trinajstić information content (AvgIpc) is 3.17. The van der Waals surface area contributed by atoms with Gasteiger partial charge in [0.05, 0.1) is 20.3 Å². The van der Waals surface area contributed by atoms with Crippen molar-refractivity contribution in [2.45, 2.75) is 44.3 Å². The molecule has 1 aliphatic heterocycles. The maximum Gasteiger partial charge on any atom is 0.171 e. The fourth-order valence-electron chi connectivity index (χ4n) is 4.63. The molecular weight excluding hydrogens is 264 g/mol.